The number of hydrogen-bond donors (Lipinski definition) is 3. The summed E-state index contributed by atoms with van der Waals surface area (Å²) in [4.78, 5) is 4.14. The smallest absolute Gasteiger partial charge is 0.133 e. The zero-order valence-electron chi connectivity index (χ0n) is 20.8. The Morgan fingerprint density at radius 3 is 2.00 bits per heavy atom. The molecule has 5 heteroatoms. The molecule has 3 N–H and O–H groups in total. The van der Waals surface area contributed by atoms with E-state index < -0.39 is 17.9 Å². The molecule has 0 spiro atoms. The highest BCUT2D eigenvalue weighted by Crippen LogP contribution is 2.33. The topological polar surface area (TPSA) is 67.2 Å². The lowest BCUT2D eigenvalue weighted by molar-refractivity contribution is -0.0400. The van der Waals surface area contributed by atoms with E-state index in [0.717, 1.165) is 29.8 Å². The molecular weight excluding hydrogens is 436 g/mol. The maximum atomic E-state index is 11.4. The minimum Gasteiger partial charge on any atom is -0.391 e. The zero-order valence-corrected chi connectivity index (χ0v) is 20.8. The number of aliphatic hydroxyl groups is 3. The van der Waals surface area contributed by atoms with Crippen LogP contribution in [0.3, 0.4) is 0 Å². The number of aliphatic hydroxyl groups excluding tert-OH is 2. The van der Waals surface area contributed by atoms with E-state index in [1.54, 1.807) is 0 Å². The Morgan fingerprint density at radius 1 is 0.829 bits per heavy atom. The minimum atomic E-state index is -0.806. The second-order valence-corrected chi connectivity index (χ2v) is 10.0. The number of rotatable bonds is 9. The second kappa shape index (κ2) is 11.5. The largest absolute Gasteiger partial charge is 0.391 e. The lowest BCUT2D eigenvalue weighted by atomic mass is 9.84. The Bertz CT molecular complexity index is 1030. The first-order valence-electron chi connectivity index (χ1n) is 12.5. The van der Waals surface area contributed by atoms with Gasteiger partial charge in [-0.1, -0.05) is 90.5 Å². The van der Waals surface area contributed by atoms with E-state index in [1.807, 2.05) is 72.6 Å². The molecule has 3 aromatic carbocycles. The van der Waals surface area contributed by atoms with Crippen molar-refractivity contribution < 1.29 is 15.3 Å². The summed E-state index contributed by atoms with van der Waals surface area (Å²) in [6.45, 7) is 4.56. The lowest BCUT2D eigenvalue weighted by Crippen LogP contribution is -2.47. The number of β-amino-alcohol motifs (C(OH)–C–C–N with tert-alkyl or cyclic N) is 1. The van der Waals surface area contributed by atoms with E-state index >= 15 is 0 Å². The van der Waals surface area contributed by atoms with Crippen LogP contribution < -0.4 is 0 Å². The van der Waals surface area contributed by atoms with Gasteiger partial charge in [-0.05, 0) is 43.5 Å². The van der Waals surface area contributed by atoms with Gasteiger partial charge in [0.15, 0.2) is 0 Å². The van der Waals surface area contributed by atoms with Gasteiger partial charge in [0.1, 0.15) is 6.23 Å². The quantitative estimate of drug-likeness (QED) is 0.409. The van der Waals surface area contributed by atoms with Gasteiger partial charge in [-0.3, -0.25) is 4.90 Å². The average Bonchev–Trinajstić information content (AvgIpc) is 2.89. The number of hydrogen-bond acceptors (Lipinski definition) is 5. The summed E-state index contributed by atoms with van der Waals surface area (Å²) in [5, 5.41) is 33.5. The van der Waals surface area contributed by atoms with E-state index in [2.05, 4.69) is 36.1 Å². The standard InChI is InChI=1S/C30H38N2O3/c1-23-13-15-24(16-14-23)27(21-31(2)29(34)25-9-5-3-6-10-25)28(33)22-32-19-17-30(35,18-20-32)26-11-7-4-8-12-26/h3-16,27-29,33-35H,17-22H2,1-2H3. The third-order valence-corrected chi connectivity index (χ3v) is 7.41. The minimum absolute atomic E-state index is 0.158. The average molecular weight is 475 g/mol. The summed E-state index contributed by atoms with van der Waals surface area (Å²) in [7, 11) is 1.90. The molecule has 0 saturated carbocycles. The third-order valence-electron chi connectivity index (χ3n) is 7.41. The summed E-state index contributed by atoms with van der Waals surface area (Å²) in [5.74, 6) is -0.158. The van der Waals surface area contributed by atoms with Gasteiger partial charge in [-0.25, -0.2) is 0 Å². The molecule has 1 aliphatic rings. The lowest BCUT2D eigenvalue weighted by Gasteiger charge is -2.40. The third kappa shape index (κ3) is 6.37. The summed E-state index contributed by atoms with van der Waals surface area (Å²) >= 11 is 0. The number of benzene rings is 3. The highest BCUT2D eigenvalue weighted by molar-refractivity contribution is 5.27. The highest BCUT2D eigenvalue weighted by Gasteiger charge is 2.35. The van der Waals surface area contributed by atoms with Crippen LogP contribution in [0.4, 0.5) is 0 Å². The van der Waals surface area contributed by atoms with E-state index in [9.17, 15) is 15.3 Å². The second-order valence-electron chi connectivity index (χ2n) is 10.0. The van der Waals surface area contributed by atoms with Gasteiger partial charge in [0.05, 0.1) is 11.7 Å². The van der Waals surface area contributed by atoms with Crippen LogP contribution >= 0.6 is 0 Å². The number of nitrogens with zero attached hydrogens (tertiary/aromatic N) is 2. The van der Waals surface area contributed by atoms with Crippen molar-refractivity contribution >= 4 is 0 Å². The first kappa shape index (κ1) is 25.5. The Morgan fingerprint density at radius 2 is 1.40 bits per heavy atom. The van der Waals surface area contributed by atoms with Crippen molar-refractivity contribution in [3.05, 3.63) is 107 Å². The fraction of sp³-hybridized carbons (Fsp3) is 0.400. The van der Waals surface area contributed by atoms with Crippen molar-refractivity contribution in [1.29, 1.82) is 0 Å². The summed E-state index contributed by atoms with van der Waals surface area (Å²) in [5.41, 5.74) is 3.24. The van der Waals surface area contributed by atoms with Crippen LogP contribution in [0.2, 0.25) is 0 Å². The molecule has 4 rings (SSSR count). The van der Waals surface area contributed by atoms with Crippen LogP contribution in [0.1, 0.15) is 47.2 Å². The van der Waals surface area contributed by atoms with Crippen LogP contribution in [0.5, 0.6) is 0 Å². The van der Waals surface area contributed by atoms with Crippen molar-refractivity contribution in [3.8, 4) is 0 Å². The fourth-order valence-corrected chi connectivity index (χ4v) is 5.09. The molecule has 0 bridgehead atoms. The highest BCUT2D eigenvalue weighted by atomic mass is 16.3. The Labute approximate surface area is 209 Å². The fourth-order valence-electron chi connectivity index (χ4n) is 5.09. The maximum absolute atomic E-state index is 11.4. The van der Waals surface area contributed by atoms with Crippen LogP contribution in [0.25, 0.3) is 0 Å². The monoisotopic (exact) mass is 474 g/mol. The van der Waals surface area contributed by atoms with Crippen LogP contribution in [-0.4, -0.2) is 64.5 Å². The maximum Gasteiger partial charge on any atom is 0.133 e. The van der Waals surface area contributed by atoms with E-state index in [-0.39, 0.29) is 5.92 Å². The Hall–Kier alpha value is -2.54. The molecule has 186 valence electrons. The Kier molecular flexibility index (Phi) is 8.37. The molecule has 0 radical (unpaired) electrons. The van der Waals surface area contributed by atoms with Gasteiger partial charge >= 0.3 is 0 Å². The SMILES string of the molecule is Cc1ccc(C(CN(C)C(O)c2ccccc2)C(O)CN2CCC(O)(c3ccccc3)CC2)cc1. The van der Waals surface area contributed by atoms with Gasteiger partial charge in [-0.2, -0.15) is 0 Å². The van der Waals surface area contributed by atoms with Crippen LogP contribution in [-0.2, 0) is 5.60 Å². The molecule has 3 unspecified atom stereocenters. The number of likely N-dealkylation sites (tertiary alicyclic amines) is 1. The zero-order chi connectivity index (χ0) is 24.8. The summed E-state index contributed by atoms with van der Waals surface area (Å²) in [6, 6.07) is 27.8. The molecule has 1 heterocycles. The van der Waals surface area contributed by atoms with Crippen molar-refractivity contribution in [2.75, 3.05) is 33.2 Å². The van der Waals surface area contributed by atoms with Gasteiger partial charge in [0.2, 0.25) is 0 Å². The van der Waals surface area contributed by atoms with E-state index in [1.165, 1.54) is 5.56 Å². The first-order chi connectivity index (χ1) is 16.9. The van der Waals surface area contributed by atoms with Crippen molar-refractivity contribution in [3.63, 3.8) is 0 Å². The predicted octanol–water partition coefficient (Wildman–Crippen LogP) is 4.05. The summed E-state index contributed by atoms with van der Waals surface area (Å²) < 4.78 is 0. The van der Waals surface area contributed by atoms with Crippen LogP contribution in [0, 0.1) is 6.92 Å². The summed E-state index contributed by atoms with van der Waals surface area (Å²) in [6.07, 6.45) is -0.0600. The number of piperidine rings is 1. The van der Waals surface area contributed by atoms with Crippen LogP contribution in [0.15, 0.2) is 84.9 Å². The molecule has 0 amide bonds. The first-order valence-corrected chi connectivity index (χ1v) is 12.5. The van der Waals surface area contributed by atoms with Crippen molar-refractivity contribution in [1.82, 2.24) is 9.80 Å². The predicted molar refractivity (Wildman–Crippen MR) is 140 cm³/mol. The molecule has 35 heavy (non-hydrogen) atoms. The van der Waals surface area contributed by atoms with Gasteiger partial charge < -0.3 is 20.2 Å². The molecule has 0 aliphatic carbocycles. The van der Waals surface area contributed by atoms with Crippen molar-refractivity contribution in [2.24, 2.45) is 0 Å². The molecule has 1 aliphatic heterocycles. The van der Waals surface area contributed by atoms with Gasteiger partial charge in [0.25, 0.3) is 0 Å². The molecule has 1 saturated heterocycles. The molecule has 0 aromatic heterocycles. The van der Waals surface area contributed by atoms with Gasteiger partial charge in [0, 0.05) is 32.1 Å². The molecular formula is C30H38N2O3. The number of likely N-dealkylation sites (N-methyl/N-ethyl adjacent to an activating group) is 1. The molecule has 3 aromatic rings. The van der Waals surface area contributed by atoms with E-state index in [0.29, 0.717) is 25.9 Å². The van der Waals surface area contributed by atoms with Gasteiger partial charge in [-0.15, -0.1) is 0 Å². The normalized spacial score (nSPS) is 18.8. The molecule has 1 fully saturated rings. The molecule has 5 nitrogen and oxygen atoms in total. The van der Waals surface area contributed by atoms with Crippen molar-refractivity contribution in [2.45, 2.75) is 43.6 Å². The number of aryl methyl sites for hydroxylation is 1. The Balaban J connectivity index is 1.44. The van der Waals surface area contributed by atoms with E-state index in [4.69, 9.17) is 0 Å². The molecule has 3 atom stereocenters.